The average molecular weight is 376 g/mol. The number of halogens is 2. The molecule has 1 N–H and O–H groups in total. The van der Waals surface area contributed by atoms with Crippen LogP contribution in [0.5, 0.6) is 0 Å². The van der Waals surface area contributed by atoms with Crippen molar-refractivity contribution >= 4 is 28.3 Å². The van der Waals surface area contributed by atoms with Crippen LogP contribution < -0.4 is 10.2 Å². The zero-order chi connectivity index (χ0) is 14.0. The molecule has 1 aromatic rings. The molecule has 2 unspecified atom stereocenters. The smallest absolute Gasteiger partial charge is 0.124 e. The highest BCUT2D eigenvalue weighted by Crippen LogP contribution is 2.28. The van der Waals surface area contributed by atoms with E-state index in [-0.39, 0.29) is 5.82 Å². The van der Waals surface area contributed by atoms with Gasteiger partial charge in [0, 0.05) is 28.7 Å². The highest BCUT2D eigenvalue weighted by molar-refractivity contribution is 14.1. The van der Waals surface area contributed by atoms with Gasteiger partial charge in [-0.1, -0.05) is 20.8 Å². The summed E-state index contributed by atoms with van der Waals surface area (Å²) in [6.07, 6.45) is 1.10. The first-order chi connectivity index (χ1) is 9.02. The topological polar surface area (TPSA) is 15.3 Å². The van der Waals surface area contributed by atoms with Crippen LogP contribution in [-0.2, 0) is 0 Å². The third kappa shape index (κ3) is 3.40. The van der Waals surface area contributed by atoms with E-state index < -0.39 is 0 Å². The molecule has 1 aromatic carbocycles. The molecule has 0 spiro atoms. The molecule has 2 nitrogen and oxygen atoms in total. The molecule has 1 saturated heterocycles. The number of anilines is 1. The van der Waals surface area contributed by atoms with E-state index in [9.17, 15) is 4.39 Å². The zero-order valence-electron chi connectivity index (χ0n) is 11.8. The summed E-state index contributed by atoms with van der Waals surface area (Å²) in [6, 6.07) is 6.10. The normalized spacial score (nSPS) is 24.0. The Labute approximate surface area is 128 Å². The van der Waals surface area contributed by atoms with E-state index in [4.69, 9.17) is 0 Å². The number of hydrogen-bond donors (Lipinski definition) is 1. The first kappa shape index (κ1) is 15.0. The lowest BCUT2D eigenvalue weighted by Gasteiger charge is -2.43. The zero-order valence-corrected chi connectivity index (χ0v) is 13.9. The molecule has 2 rings (SSSR count). The summed E-state index contributed by atoms with van der Waals surface area (Å²) in [6.45, 7) is 8.71. The molecule has 106 valence electrons. The number of benzene rings is 1. The first-order valence-corrected chi connectivity index (χ1v) is 8.05. The molecule has 1 heterocycles. The fraction of sp³-hybridized carbons (Fsp3) is 0.600. The summed E-state index contributed by atoms with van der Waals surface area (Å²) < 4.78 is 14.3. The number of rotatable bonds is 3. The van der Waals surface area contributed by atoms with Crippen molar-refractivity contribution in [3.8, 4) is 0 Å². The Balaban J connectivity index is 2.27. The van der Waals surface area contributed by atoms with E-state index in [1.165, 1.54) is 5.69 Å². The predicted octanol–water partition coefficient (Wildman–Crippen LogP) is 3.64. The lowest BCUT2D eigenvalue weighted by molar-refractivity contribution is 0.325. The molecule has 0 radical (unpaired) electrons. The van der Waals surface area contributed by atoms with Gasteiger partial charge in [-0.15, -0.1) is 0 Å². The lowest BCUT2D eigenvalue weighted by atomic mass is 9.98. The third-order valence-corrected chi connectivity index (χ3v) is 4.81. The van der Waals surface area contributed by atoms with E-state index in [1.807, 2.05) is 6.07 Å². The van der Waals surface area contributed by atoms with Gasteiger partial charge in [-0.25, -0.2) is 4.39 Å². The Bertz CT molecular complexity index is 436. The summed E-state index contributed by atoms with van der Waals surface area (Å²) in [5, 5.41) is 3.63. The number of nitrogens with one attached hydrogen (secondary N) is 1. The van der Waals surface area contributed by atoms with E-state index in [0.717, 1.165) is 23.1 Å². The molecule has 0 bridgehead atoms. The third-order valence-electron chi connectivity index (χ3n) is 3.94. The molecular formula is C15H22FIN2. The van der Waals surface area contributed by atoms with Crippen LogP contribution in [0.25, 0.3) is 0 Å². The molecule has 1 fully saturated rings. The van der Waals surface area contributed by atoms with E-state index in [0.29, 0.717) is 18.0 Å². The van der Waals surface area contributed by atoms with Crippen LogP contribution in [0.2, 0.25) is 0 Å². The van der Waals surface area contributed by atoms with Crippen molar-refractivity contribution in [2.24, 2.45) is 5.92 Å². The summed E-state index contributed by atoms with van der Waals surface area (Å²) in [5.41, 5.74) is 1.17. The standard InChI is InChI=1S/C15H22FIN2/c1-4-12-8-18-14(10(2)3)9-19(12)15-6-5-11(16)7-13(15)17/h5-7,10,12,14,18H,4,8-9H2,1-3H3. The van der Waals surface area contributed by atoms with Crippen LogP contribution in [0.1, 0.15) is 27.2 Å². The Morgan fingerprint density at radius 3 is 2.79 bits per heavy atom. The molecule has 1 aliphatic heterocycles. The average Bonchev–Trinajstić information content (AvgIpc) is 2.38. The van der Waals surface area contributed by atoms with Crippen molar-refractivity contribution in [1.29, 1.82) is 0 Å². The van der Waals surface area contributed by atoms with E-state index >= 15 is 0 Å². The van der Waals surface area contributed by atoms with Crippen molar-refractivity contribution in [1.82, 2.24) is 5.32 Å². The molecular weight excluding hydrogens is 354 g/mol. The molecule has 19 heavy (non-hydrogen) atoms. The van der Waals surface area contributed by atoms with Gasteiger partial charge in [-0.3, -0.25) is 0 Å². The second-order valence-corrected chi connectivity index (χ2v) is 6.73. The highest BCUT2D eigenvalue weighted by atomic mass is 127. The van der Waals surface area contributed by atoms with Crippen LogP contribution in [0, 0.1) is 15.3 Å². The molecule has 0 aromatic heterocycles. The summed E-state index contributed by atoms with van der Waals surface area (Å²) in [7, 11) is 0. The van der Waals surface area contributed by atoms with Gasteiger partial charge in [0.05, 0.1) is 5.69 Å². The molecule has 0 saturated carbocycles. The van der Waals surface area contributed by atoms with Gasteiger partial charge >= 0.3 is 0 Å². The van der Waals surface area contributed by atoms with Crippen molar-refractivity contribution in [3.05, 3.63) is 27.6 Å². The number of piperazine rings is 1. The van der Waals surface area contributed by atoms with Crippen LogP contribution >= 0.6 is 22.6 Å². The van der Waals surface area contributed by atoms with Gasteiger partial charge in [0.25, 0.3) is 0 Å². The fourth-order valence-electron chi connectivity index (χ4n) is 2.64. The molecule has 4 heteroatoms. The first-order valence-electron chi connectivity index (χ1n) is 6.98. The minimum Gasteiger partial charge on any atom is -0.365 e. The predicted molar refractivity (Wildman–Crippen MR) is 87.2 cm³/mol. The van der Waals surface area contributed by atoms with Crippen molar-refractivity contribution < 1.29 is 4.39 Å². The van der Waals surface area contributed by atoms with Crippen LogP contribution in [0.15, 0.2) is 18.2 Å². The maximum Gasteiger partial charge on any atom is 0.124 e. The van der Waals surface area contributed by atoms with Crippen LogP contribution in [-0.4, -0.2) is 25.2 Å². The molecule has 2 atom stereocenters. The maximum absolute atomic E-state index is 13.3. The van der Waals surface area contributed by atoms with Gasteiger partial charge in [-0.2, -0.15) is 0 Å². The van der Waals surface area contributed by atoms with Crippen molar-refractivity contribution in [2.75, 3.05) is 18.0 Å². The SMILES string of the molecule is CCC1CNC(C(C)C)CN1c1ccc(F)cc1I. The maximum atomic E-state index is 13.3. The number of nitrogens with zero attached hydrogens (tertiary/aromatic N) is 1. The highest BCUT2D eigenvalue weighted by Gasteiger charge is 2.29. The van der Waals surface area contributed by atoms with E-state index in [2.05, 4.69) is 53.6 Å². The fourth-order valence-corrected chi connectivity index (χ4v) is 3.43. The quantitative estimate of drug-likeness (QED) is 0.811. The van der Waals surface area contributed by atoms with Crippen LogP contribution in [0.4, 0.5) is 10.1 Å². The van der Waals surface area contributed by atoms with Gasteiger partial charge in [0.1, 0.15) is 5.82 Å². The minimum absolute atomic E-state index is 0.156. The number of hydrogen-bond acceptors (Lipinski definition) is 2. The summed E-state index contributed by atoms with van der Waals surface area (Å²) >= 11 is 2.24. The Hall–Kier alpha value is -0.360. The van der Waals surface area contributed by atoms with Gasteiger partial charge < -0.3 is 10.2 Å². The molecule has 0 amide bonds. The van der Waals surface area contributed by atoms with E-state index in [1.54, 1.807) is 12.1 Å². The minimum atomic E-state index is -0.156. The summed E-state index contributed by atoms with van der Waals surface area (Å²) in [4.78, 5) is 2.45. The Morgan fingerprint density at radius 2 is 2.21 bits per heavy atom. The van der Waals surface area contributed by atoms with Gasteiger partial charge in [0.15, 0.2) is 0 Å². The largest absolute Gasteiger partial charge is 0.365 e. The summed E-state index contributed by atoms with van der Waals surface area (Å²) in [5.74, 6) is 0.454. The second-order valence-electron chi connectivity index (χ2n) is 5.57. The Kier molecular flexibility index (Phi) is 5.06. The second kappa shape index (κ2) is 6.39. The van der Waals surface area contributed by atoms with Gasteiger partial charge in [0.2, 0.25) is 0 Å². The van der Waals surface area contributed by atoms with Gasteiger partial charge in [-0.05, 0) is 53.1 Å². The molecule has 1 aliphatic rings. The van der Waals surface area contributed by atoms with Crippen molar-refractivity contribution in [2.45, 2.75) is 39.3 Å². The monoisotopic (exact) mass is 376 g/mol. The Morgan fingerprint density at radius 1 is 1.47 bits per heavy atom. The molecule has 0 aliphatic carbocycles. The van der Waals surface area contributed by atoms with Crippen LogP contribution in [0.3, 0.4) is 0 Å². The van der Waals surface area contributed by atoms with Crippen molar-refractivity contribution in [3.63, 3.8) is 0 Å². The lowest BCUT2D eigenvalue weighted by Crippen LogP contribution is -2.58.